The number of amides is 2. The van der Waals surface area contributed by atoms with E-state index in [1.807, 2.05) is 13.8 Å². The number of carbonyl (C=O) groups excluding carboxylic acids is 2. The molecule has 4 saturated heterocycles. The van der Waals surface area contributed by atoms with Crippen molar-refractivity contribution >= 4 is 33.7 Å². The molecule has 4 aliphatic heterocycles. The summed E-state index contributed by atoms with van der Waals surface area (Å²) in [5.41, 5.74) is -1.25. The number of hydrogen-bond acceptors (Lipinski definition) is 7. The summed E-state index contributed by atoms with van der Waals surface area (Å²) in [6, 6.07) is -1.62. The molecule has 4 heterocycles. The van der Waals surface area contributed by atoms with Crippen LogP contribution < -0.4 is 0 Å². The first-order valence-corrected chi connectivity index (χ1v) is 13.7. The number of aliphatic carboxylic acids is 1. The summed E-state index contributed by atoms with van der Waals surface area (Å²) in [5.74, 6) is -3.64. The highest BCUT2D eigenvalue weighted by Crippen LogP contribution is 2.60. The lowest BCUT2D eigenvalue weighted by atomic mass is 9.70. The Hall–Kier alpha value is -1.53. The molecule has 10 nitrogen and oxygen atoms in total. The molecule has 0 aromatic heterocycles. The van der Waals surface area contributed by atoms with Gasteiger partial charge in [-0.15, -0.1) is 6.58 Å². The van der Waals surface area contributed by atoms with E-state index in [2.05, 4.69) is 27.4 Å². The number of aliphatic hydroxyl groups excluding tert-OH is 1. The number of aliphatic hydroxyl groups is 1. The molecule has 0 aromatic rings. The average molecular weight is 572 g/mol. The molecule has 11 heteroatoms. The zero-order valence-corrected chi connectivity index (χ0v) is 22.6. The molecular weight excluding hydrogens is 534 g/mol. The normalized spacial score (nSPS) is 34.8. The number of carboxylic acids is 1. The van der Waals surface area contributed by atoms with Gasteiger partial charge in [-0.1, -0.05) is 35.9 Å². The number of ether oxygens (including phenoxy) is 2. The Morgan fingerprint density at radius 3 is 2.61 bits per heavy atom. The fourth-order valence-corrected chi connectivity index (χ4v) is 7.49. The van der Waals surface area contributed by atoms with Gasteiger partial charge >= 0.3 is 5.97 Å². The highest BCUT2D eigenvalue weighted by Gasteiger charge is 2.77. The van der Waals surface area contributed by atoms with Gasteiger partial charge in [-0.3, -0.25) is 19.3 Å². The van der Waals surface area contributed by atoms with Crippen molar-refractivity contribution in [1.82, 2.24) is 14.7 Å². The van der Waals surface area contributed by atoms with Crippen LogP contribution in [0.4, 0.5) is 0 Å². The number of fused-ring (bicyclic) bond motifs is 1. The molecule has 0 aromatic carbocycles. The Morgan fingerprint density at radius 2 is 2.03 bits per heavy atom. The van der Waals surface area contributed by atoms with Gasteiger partial charge in [0.15, 0.2) is 0 Å². The van der Waals surface area contributed by atoms with Gasteiger partial charge in [-0.25, -0.2) is 0 Å². The van der Waals surface area contributed by atoms with E-state index in [1.54, 1.807) is 11.0 Å². The lowest BCUT2D eigenvalue weighted by Gasteiger charge is -2.40. The molecule has 0 radical (unpaired) electrons. The quantitative estimate of drug-likeness (QED) is 0.273. The van der Waals surface area contributed by atoms with Gasteiger partial charge in [0, 0.05) is 37.6 Å². The van der Waals surface area contributed by atoms with E-state index < -0.39 is 47.5 Å². The summed E-state index contributed by atoms with van der Waals surface area (Å²) in [4.78, 5) is 45.6. The van der Waals surface area contributed by atoms with E-state index in [9.17, 15) is 24.6 Å². The molecular formula is C25H38BrN3O7. The van der Waals surface area contributed by atoms with Gasteiger partial charge in [-0.2, -0.15) is 0 Å². The average Bonchev–Trinajstić information content (AvgIpc) is 3.43. The third-order valence-corrected chi connectivity index (χ3v) is 8.89. The lowest BCUT2D eigenvalue weighted by molar-refractivity contribution is -0.153. The van der Waals surface area contributed by atoms with Gasteiger partial charge < -0.3 is 29.5 Å². The first-order valence-electron chi connectivity index (χ1n) is 12.8. The third kappa shape index (κ3) is 4.73. The fraction of sp³-hybridized carbons (Fsp3) is 0.800. The van der Waals surface area contributed by atoms with Crippen LogP contribution in [0.1, 0.15) is 26.7 Å². The topological polar surface area (TPSA) is 120 Å². The third-order valence-electron chi connectivity index (χ3n) is 8.04. The fourth-order valence-electron chi connectivity index (χ4n) is 6.55. The van der Waals surface area contributed by atoms with Crippen LogP contribution in [0, 0.1) is 17.8 Å². The first-order chi connectivity index (χ1) is 17.2. The summed E-state index contributed by atoms with van der Waals surface area (Å²) < 4.78 is 11.8. The van der Waals surface area contributed by atoms with Crippen molar-refractivity contribution in [1.29, 1.82) is 0 Å². The maximum absolute atomic E-state index is 14.3. The molecule has 7 atom stereocenters. The number of nitrogens with zero attached hydrogens (tertiary/aromatic N) is 3. The van der Waals surface area contributed by atoms with Crippen molar-refractivity contribution in [3.05, 3.63) is 12.7 Å². The zero-order chi connectivity index (χ0) is 26.2. The summed E-state index contributed by atoms with van der Waals surface area (Å²) in [5, 5.41) is 20.3. The van der Waals surface area contributed by atoms with E-state index >= 15 is 0 Å². The summed E-state index contributed by atoms with van der Waals surface area (Å²) in [7, 11) is 0. The molecule has 2 bridgehead atoms. The van der Waals surface area contributed by atoms with Crippen molar-refractivity contribution in [2.75, 3.05) is 52.5 Å². The predicted octanol–water partition coefficient (Wildman–Crippen LogP) is 0.573. The molecule has 202 valence electrons. The molecule has 36 heavy (non-hydrogen) atoms. The molecule has 2 amide bonds. The smallest absolute Gasteiger partial charge is 0.310 e. The van der Waals surface area contributed by atoms with E-state index in [1.165, 1.54) is 4.90 Å². The molecule has 4 aliphatic rings. The number of morpholine rings is 1. The minimum Gasteiger partial charge on any atom is -0.481 e. The Morgan fingerprint density at radius 1 is 1.33 bits per heavy atom. The number of alkyl halides is 1. The van der Waals surface area contributed by atoms with Crippen LogP contribution >= 0.6 is 15.9 Å². The van der Waals surface area contributed by atoms with E-state index in [-0.39, 0.29) is 23.3 Å². The Balaban J connectivity index is 1.70. The van der Waals surface area contributed by atoms with Crippen LogP contribution in [0.15, 0.2) is 12.7 Å². The number of hydrogen-bond donors (Lipinski definition) is 2. The zero-order valence-electron chi connectivity index (χ0n) is 21.1. The molecule has 1 spiro atoms. The highest BCUT2D eigenvalue weighted by atomic mass is 79.9. The largest absolute Gasteiger partial charge is 0.481 e. The minimum absolute atomic E-state index is 0.158. The van der Waals surface area contributed by atoms with Gasteiger partial charge in [0.05, 0.1) is 43.8 Å². The molecule has 1 unspecified atom stereocenters. The van der Waals surface area contributed by atoms with Crippen LogP contribution in [0.3, 0.4) is 0 Å². The summed E-state index contributed by atoms with van der Waals surface area (Å²) >= 11 is 3.57. The molecule has 4 rings (SSSR count). The second-order valence-corrected chi connectivity index (χ2v) is 11.9. The maximum Gasteiger partial charge on any atom is 0.310 e. The van der Waals surface area contributed by atoms with Crippen molar-refractivity contribution in [2.24, 2.45) is 17.8 Å². The molecule has 4 fully saturated rings. The van der Waals surface area contributed by atoms with Crippen LogP contribution in [0.25, 0.3) is 0 Å². The van der Waals surface area contributed by atoms with E-state index in [0.29, 0.717) is 45.7 Å². The van der Waals surface area contributed by atoms with E-state index in [0.717, 1.165) is 13.1 Å². The van der Waals surface area contributed by atoms with Gasteiger partial charge in [0.2, 0.25) is 11.8 Å². The van der Waals surface area contributed by atoms with Crippen molar-refractivity contribution in [2.45, 2.75) is 55.3 Å². The van der Waals surface area contributed by atoms with Gasteiger partial charge in [0.25, 0.3) is 0 Å². The number of rotatable bonds is 11. The van der Waals surface area contributed by atoms with Crippen LogP contribution in [-0.4, -0.2) is 124 Å². The number of halogens is 1. The monoisotopic (exact) mass is 571 g/mol. The predicted molar refractivity (Wildman–Crippen MR) is 135 cm³/mol. The first kappa shape index (κ1) is 27.5. The standard InChI is InChI=1S/C25H38BrN3O7/c1-4-5-28(7-6-27-8-10-35-11-9-27)23(32)21-25-13-17(26)20(36-25)18(24(33)34)19(25)22(31)29(21)16(14-30)12-15(2)3/h4,15-21,30H,1,5-14H2,2-3H3,(H,33,34)/t16-,17?,18-,19+,20-,21-,25+/m1/s1. The van der Waals surface area contributed by atoms with Gasteiger partial charge in [-0.05, 0) is 18.8 Å². The van der Waals surface area contributed by atoms with Crippen molar-refractivity contribution < 1.29 is 34.1 Å². The number of carboxylic acid groups (broad SMARTS) is 1. The highest BCUT2D eigenvalue weighted by molar-refractivity contribution is 9.09. The second kappa shape index (κ2) is 11.1. The lowest BCUT2D eigenvalue weighted by Crippen LogP contribution is -2.59. The maximum atomic E-state index is 14.3. The second-order valence-electron chi connectivity index (χ2n) is 10.7. The van der Waals surface area contributed by atoms with Crippen LogP contribution in [0.2, 0.25) is 0 Å². The molecule has 0 aliphatic carbocycles. The molecule has 0 saturated carbocycles. The van der Waals surface area contributed by atoms with E-state index in [4.69, 9.17) is 9.47 Å². The van der Waals surface area contributed by atoms with Crippen LogP contribution in [-0.2, 0) is 23.9 Å². The van der Waals surface area contributed by atoms with Crippen LogP contribution in [0.5, 0.6) is 0 Å². The Bertz CT molecular complexity index is 867. The number of likely N-dealkylation sites (tertiary alicyclic amines) is 1. The van der Waals surface area contributed by atoms with Crippen molar-refractivity contribution in [3.8, 4) is 0 Å². The summed E-state index contributed by atoms with van der Waals surface area (Å²) in [6.45, 7) is 11.7. The SMILES string of the molecule is C=CCN(CCN1CCOCC1)C(=O)[C@H]1N([C@@H](CO)CC(C)C)C(=O)[C@@H]2[C@@H](C(=O)O)[C@@H]3O[C@@]21CC3Br. The molecule has 2 N–H and O–H groups in total. The Kier molecular flexibility index (Phi) is 8.45. The number of carbonyl (C=O) groups is 3. The van der Waals surface area contributed by atoms with Crippen molar-refractivity contribution in [3.63, 3.8) is 0 Å². The minimum atomic E-state index is -1.25. The Labute approximate surface area is 220 Å². The summed E-state index contributed by atoms with van der Waals surface area (Å²) in [6.07, 6.45) is 1.82. The van der Waals surface area contributed by atoms with Gasteiger partial charge in [0.1, 0.15) is 11.6 Å².